The van der Waals surface area contributed by atoms with E-state index in [9.17, 15) is 21.6 Å². The van der Waals surface area contributed by atoms with Crippen molar-refractivity contribution in [1.29, 1.82) is 0 Å². The minimum atomic E-state index is -4.65. The zero-order chi connectivity index (χ0) is 14.8. The highest BCUT2D eigenvalue weighted by molar-refractivity contribution is 7.92. The van der Waals surface area contributed by atoms with E-state index in [1.54, 1.807) is 6.07 Å². The van der Waals surface area contributed by atoms with Gasteiger partial charge in [0, 0.05) is 0 Å². The van der Waals surface area contributed by atoms with Crippen LogP contribution >= 0.6 is 0 Å². The van der Waals surface area contributed by atoms with Gasteiger partial charge in [-0.25, -0.2) is 21.6 Å². The smallest absolute Gasteiger partial charge is 0.223 e. The van der Waals surface area contributed by atoms with Crippen LogP contribution in [-0.4, -0.2) is 20.3 Å². The molecule has 0 amide bonds. The lowest BCUT2D eigenvalue weighted by molar-refractivity contribution is 0.0902. The fourth-order valence-electron chi connectivity index (χ4n) is 1.56. The molecule has 0 aliphatic heterocycles. The van der Waals surface area contributed by atoms with E-state index in [0.29, 0.717) is 5.56 Å². The average Bonchev–Trinajstić information content (AvgIpc) is 2.37. The van der Waals surface area contributed by atoms with Crippen molar-refractivity contribution in [2.75, 3.05) is 0 Å². The number of benzene rings is 1. The summed E-state index contributed by atoms with van der Waals surface area (Å²) >= 11 is 0. The molecular formula is C13H17F3O2S. The number of hydrogen-bond donors (Lipinski definition) is 0. The first kappa shape index (κ1) is 16.0. The maximum Gasteiger partial charge on any atom is 0.284 e. The second kappa shape index (κ2) is 5.53. The van der Waals surface area contributed by atoms with Gasteiger partial charge in [-0.1, -0.05) is 32.9 Å². The monoisotopic (exact) mass is 294 g/mol. The molecule has 0 aromatic heterocycles. The fraction of sp³-hybridized carbons (Fsp3) is 0.538. The van der Waals surface area contributed by atoms with Crippen LogP contribution in [-0.2, 0) is 15.3 Å². The Morgan fingerprint density at radius 3 is 2.26 bits per heavy atom. The first-order valence-electron chi connectivity index (χ1n) is 5.89. The summed E-state index contributed by atoms with van der Waals surface area (Å²) in [5, 5.41) is 0. The molecule has 1 atom stereocenters. The maximum atomic E-state index is 13.2. The third kappa shape index (κ3) is 3.29. The van der Waals surface area contributed by atoms with Crippen molar-refractivity contribution in [3.05, 3.63) is 29.8 Å². The molecule has 6 heteroatoms. The molecule has 0 saturated carbocycles. The van der Waals surface area contributed by atoms with Crippen molar-refractivity contribution in [2.45, 2.75) is 49.4 Å². The van der Waals surface area contributed by atoms with Gasteiger partial charge in [0.2, 0.25) is 9.84 Å². The van der Waals surface area contributed by atoms with Gasteiger partial charge in [0.05, 0.1) is 4.90 Å². The molecule has 0 aliphatic rings. The lowest BCUT2D eigenvalue weighted by Crippen LogP contribution is -2.25. The van der Waals surface area contributed by atoms with Crippen LogP contribution in [0.1, 0.15) is 32.8 Å². The first-order valence-corrected chi connectivity index (χ1v) is 7.44. The summed E-state index contributed by atoms with van der Waals surface area (Å²) in [6, 6.07) is 5.56. The Hall–Kier alpha value is -1.04. The molecule has 0 radical (unpaired) electrons. The molecule has 0 heterocycles. The van der Waals surface area contributed by atoms with E-state index in [1.165, 1.54) is 12.1 Å². The summed E-state index contributed by atoms with van der Waals surface area (Å²) < 4.78 is 61.0. The minimum absolute atomic E-state index is 0.303. The molecule has 0 N–H and O–H groups in total. The van der Waals surface area contributed by atoms with Crippen molar-refractivity contribution in [3.63, 3.8) is 0 Å². The van der Waals surface area contributed by atoms with Gasteiger partial charge >= 0.3 is 0 Å². The van der Waals surface area contributed by atoms with Crippen LogP contribution in [0.3, 0.4) is 0 Å². The van der Waals surface area contributed by atoms with E-state index in [-0.39, 0.29) is 5.41 Å². The number of alkyl halides is 3. The quantitative estimate of drug-likeness (QED) is 0.829. The van der Waals surface area contributed by atoms with Crippen LogP contribution in [0.25, 0.3) is 0 Å². The summed E-state index contributed by atoms with van der Waals surface area (Å²) in [6.45, 7) is 5.73. The van der Waals surface area contributed by atoms with Crippen LogP contribution < -0.4 is 0 Å². The maximum absolute atomic E-state index is 13.2. The van der Waals surface area contributed by atoms with E-state index >= 15 is 0 Å². The third-order valence-corrected chi connectivity index (χ3v) is 5.03. The molecule has 2 nitrogen and oxygen atoms in total. The normalized spacial score (nSPS) is 14.7. The van der Waals surface area contributed by atoms with E-state index in [0.717, 1.165) is 12.5 Å². The highest BCUT2D eigenvalue weighted by Crippen LogP contribution is 2.30. The molecule has 1 aromatic carbocycles. The Kier molecular flexibility index (Phi) is 4.66. The average molecular weight is 294 g/mol. The zero-order valence-corrected chi connectivity index (χ0v) is 11.8. The molecule has 0 saturated heterocycles. The summed E-state index contributed by atoms with van der Waals surface area (Å²) in [6.07, 6.45) is -2.81. The van der Waals surface area contributed by atoms with Crippen molar-refractivity contribution < 1.29 is 21.6 Å². The van der Waals surface area contributed by atoms with Gasteiger partial charge in [0.1, 0.15) is 0 Å². The number of halogens is 3. The lowest BCUT2D eigenvalue weighted by atomic mass is 9.82. The van der Waals surface area contributed by atoms with Crippen molar-refractivity contribution in [1.82, 2.24) is 0 Å². The van der Waals surface area contributed by atoms with Crippen LogP contribution in [0.15, 0.2) is 29.2 Å². The van der Waals surface area contributed by atoms with E-state index in [4.69, 9.17) is 0 Å². The molecule has 0 spiro atoms. The predicted octanol–water partition coefficient (Wildman–Crippen LogP) is 3.71. The summed E-state index contributed by atoms with van der Waals surface area (Å²) in [5.41, 5.74) is -2.81. The van der Waals surface area contributed by atoms with Gasteiger partial charge in [-0.3, -0.25) is 0 Å². The SMILES string of the molecule is CCC(C)(C)c1cccc(S(=O)(=O)C(F)C(F)F)c1. The summed E-state index contributed by atoms with van der Waals surface area (Å²) in [7, 11) is -4.65. The molecule has 0 aliphatic carbocycles. The van der Waals surface area contributed by atoms with Gasteiger partial charge in [-0.05, 0) is 29.5 Å². The number of hydrogen-bond acceptors (Lipinski definition) is 2. The Morgan fingerprint density at radius 2 is 1.79 bits per heavy atom. The predicted molar refractivity (Wildman–Crippen MR) is 67.8 cm³/mol. The first-order chi connectivity index (χ1) is 8.63. The molecule has 1 unspecified atom stereocenters. The van der Waals surface area contributed by atoms with E-state index in [2.05, 4.69) is 0 Å². The summed E-state index contributed by atoms with van der Waals surface area (Å²) in [5.74, 6) is 0. The standard InChI is InChI=1S/C13H17F3O2S/c1-4-13(2,3)9-6-5-7-10(8-9)19(17,18)12(16)11(14)15/h5-8,11-12H,4H2,1-3H3. The topological polar surface area (TPSA) is 34.1 Å². The largest absolute Gasteiger partial charge is 0.284 e. The Morgan fingerprint density at radius 1 is 1.21 bits per heavy atom. The van der Waals surface area contributed by atoms with Crippen molar-refractivity contribution in [3.8, 4) is 0 Å². The number of rotatable bonds is 5. The zero-order valence-electron chi connectivity index (χ0n) is 11.0. The lowest BCUT2D eigenvalue weighted by Gasteiger charge is -2.24. The minimum Gasteiger partial charge on any atom is -0.223 e. The van der Waals surface area contributed by atoms with Crippen LogP contribution in [0.2, 0.25) is 0 Å². The Labute approximate surface area is 111 Å². The van der Waals surface area contributed by atoms with Gasteiger partial charge in [-0.2, -0.15) is 0 Å². The van der Waals surface area contributed by atoms with E-state index < -0.39 is 26.7 Å². The second-order valence-electron chi connectivity index (χ2n) is 5.00. The van der Waals surface area contributed by atoms with Crippen LogP contribution in [0, 0.1) is 0 Å². The number of sulfone groups is 1. The molecule has 19 heavy (non-hydrogen) atoms. The van der Waals surface area contributed by atoms with Gasteiger partial charge < -0.3 is 0 Å². The van der Waals surface area contributed by atoms with Crippen LogP contribution in [0.4, 0.5) is 13.2 Å². The highest BCUT2D eigenvalue weighted by Gasteiger charge is 2.36. The summed E-state index contributed by atoms with van der Waals surface area (Å²) in [4.78, 5) is -0.403. The fourth-order valence-corrected chi connectivity index (χ4v) is 2.65. The van der Waals surface area contributed by atoms with Crippen LogP contribution in [0.5, 0.6) is 0 Å². The van der Waals surface area contributed by atoms with Crippen molar-refractivity contribution >= 4 is 9.84 Å². The van der Waals surface area contributed by atoms with Crippen molar-refractivity contribution in [2.24, 2.45) is 0 Å². The molecule has 1 aromatic rings. The van der Waals surface area contributed by atoms with Gasteiger partial charge in [0.25, 0.3) is 11.9 Å². The second-order valence-corrected chi connectivity index (χ2v) is 7.01. The Bertz CT molecular complexity index is 539. The molecule has 0 fully saturated rings. The Balaban J connectivity index is 3.28. The highest BCUT2D eigenvalue weighted by atomic mass is 32.2. The van der Waals surface area contributed by atoms with Gasteiger partial charge in [-0.15, -0.1) is 0 Å². The van der Waals surface area contributed by atoms with E-state index in [1.807, 2.05) is 20.8 Å². The molecule has 108 valence electrons. The van der Waals surface area contributed by atoms with Gasteiger partial charge in [0.15, 0.2) is 0 Å². The molecule has 1 rings (SSSR count). The molecule has 0 bridgehead atoms. The molecular weight excluding hydrogens is 277 g/mol. The third-order valence-electron chi connectivity index (χ3n) is 3.32.